The highest BCUT2D eigenvalue weighted by molar-refractivity contribution is 5.16. The van der Waals surface area contributed by atoms with Gasteiger partial charge in [0.25, 0.3) is 0 Å². The molecule has 0 bridgehead atoms. The molecule has 4 heterocycles. The van der Waals surface area contributed by atoms with E-state index < -0.39 is 73.0 Å². The summed E-state index contributed by atoms with van der Waals surface area (Å²) < 4.78 is 72.8. The van der Waals surface area contributed by atoms with Crippen LogP contribution in [0.5, 0.6) is 0 Å². The molecule has 10 atom stereocenters. The summed E-state index contributed by atoms with van der Waals surface area (Å²) >= 11 is 0. The van der Waals surface area contributed by atoms with Crippen molar-refractivity contribution in [3.05, 3.63) is 144 Å². The Morgan fingerprint density at radius 3 is 1.54 bits per heavy atom. The maximum absolute atomic E-state index is 7.14. The predicted molar refractivity (Wildman–Crippen MR) is 208 cm³/mol. The molecule has 0 aromatic heterocycles. The molecule has 0 amide bonds. The van der Waals surface area contributed by atoms with E-state index in [-0.39, 0.29) is 13.2 Å². The molecule has 4 aliphatic rings. The molecule has 8 rings (SSSR count). The molecule has 304 valence electrons. The summed E-state index contributed by atoms with van der Waals surface area (Å²) in [6.07, 6.45) is -6.67. The van der Waals surface area contributed by atoms with E-state index in [0.29, 0.717) is 26.4 Å². The summed E-state index contributed by atoms with van der Waals surface area (Å²) in [5.74, 6) is -1.68. The van der Waals surface area contributed by atoms with Crippen molar-refractivity contribution in [1.82, 2.24) is 0 Å². The molecule has 0 N–H and O–H groups in total. The normalized spacial score (nSPS) is 31.6. The van der Waals surface area contributed by atoms with Crippen molar-refractivity contribution in [1.29, 1.82) is 0 Å². The molecule has 4 saturated heterocycles. The Hall–Kier alpha value is -3.56. The van der Waals surface area contributed by atoms with Crippen molar-refractivity contribution >= 4 is 0 Å². The van der Waals surface area contributed by atoms with Crippen molar-refractivity contribution in [2.75, 3.05) is 13.2 Å². The number of ether oxygens (including phenoxy) is 11. The van der Waals surface area contributed by atoms with Crippen LogP contribution in [-0.4, -0.2) is 86.2 Å². The topological polar surface area (TPSA) is 102 Å². The molecule has 11 heteroatoms. The van der Waals surface area contributed by atoms with Crippen molar-refractivity contribution in [3.63, 3.8) is 0 Å². The zero-order chi connectivity index (χ0) is 39.2. The third-order valence-corrected chi connectivity index (χ3v) is 10.6. The highest BCUT2D eigenvalue weighted by Crippen LogP contribution is 2.44. The first-order chi connectivity index (χ1) is 27.7. The first kappa shape index (κ1) is 40.2. The van der Waals surface area contributed by atoms with Gasteiger partial charge < -0.3 is 52.1 Å². The van der Waals surface area contributed by atoms with Crippen LogP contribution in [0.15, 0.2) is 121 Å². The second-order valence-electron chi connectivity index (χ2n) is 15.9. The fourth-order valence-electron chi connectivity index (χ4n) is 7.85. The molecule has 11 nitrogen and oxygen atoms in total. The summed E-state index contributed by atoms with van der Waals surface area (Å²) in [7, 11) is 0. The van der Waals surface area contributed by atoms with Crippen LogP contribution >= 0.6 is 0 Å². The molecular formula is C46H54O11. The second kappa shape index (κ2) is 18.1. The molecule has 0 radical (unpaired) electrons. The SMILES string of the molecule is CC1(C)O[C@H]2O[C@H]([C@H]3COC(C)(C)O3)[C@H](OC3O[C@H](COCc4ccccc4)[C@@H](OCc4ccccc4)[C@H](OCc4ccccc4)[C@H]3OCc3ccccc3)[C@H]2O1. The molecule has 4 aliphatic heterocycles. The number of rotatable bonds is 16. The van der Waals surface area contributed by atoms with Gasteiger partial charge in [-0.3, -0.25) is 0 Å². The van der Waals surface area contributed by atoms with Crippen LogP contribution in [-0.2, 0) is 78.5 Å². The van der Waals surface area contributed by atoms with Gasteiger partial charge in [0.15, 0.2) is 24.2 Å². The van der Waals surface area contributed by atoms with Gasteiger partial charge in [-0.1, -0.05) is 121 Å². The third-order valence-electron chi connectivity index (χ3n) is 10.6. The molecule has 4 fully saturated rings. The fraction of sp³-hybridized carbons (Fsp3) is 0.478. The van der Waals surface area contributed by atoms with Gasteiger partial charge in [0, 0.05) is 0 Å². The van der Waals surface area contributed by atoms with Crippen molar-refractivity contribution in [2.45, 2.75) is 127 Å². The molecule has 0 aliphatic carbocycles. The molecular weight excluding hydrogens is 728 g/mol. The van der Waals surface area contributed by atoms with Crippen LogP contribution in [0.25, 0.3) is 0 Å². The van der Waals surface area contributed by atoms with Crippen LogP contribution in [0.3, 0.4) is 0 Å². The molecule has 0 saturated carbocycles. The third kappa shape index (κ3) is 10.2. The average Bonchev–Trinajstić information content (AvgIpc) is 3.85. The molecule has 4 aromatic rings. The highest BCUT2D eigenvalue weighted by Gasteiger charge is 2.61. The Morgan fingerprint density at radius 2 is 1.02 bits per heavy atom. The largest absolute Gasteiger partial charge is 0.374 e. The Labute approximate surface area is 335 Å². The van der Waals surface area contributed by atoms with Crippen LogP contribution in [0.4, 0.5) is 0 Å². The van der Waals surface area contributed by atoms with E-state index in [9.17, 15) is 0 Å². The Morgan fingerprint density at radius 1 is 0.509 bits per heavy atom. The summed E-state index contributed by atoms with van der Waals surface area (Å²) in [4.78, 5) is 0. The Bertz CT molecular complexity index is 1810. The van der Waals surface area contributed by atoms with Gasteiger partial charge in [0.2, 0.25) is 0 Å². The fourth-order valence-corrected chi connectivity index (χ4v) is 7.85. The van der Waals surface area contributed by atoms with Gasteiger partial charge in [0.1, 0.15) is 48.8 Å². The lowest BCUT2D eigenvalue weighted by Gasteiger charge is -2.47. The smallest absolute Gasteiger partial charge is 0.190 e. The summed E-state index contributed by atoms with van der Waals surface area (Å²) in [5, 5.41) is 0. The van der Waals surface area contributed by atoms with E-state index in [4.69, 9.17) is 52.1 Å². The van der Waals surface area contributed by atoms with Crippen molar-refractivity contribution < 1.29 is 52.1 Å². The minimum atomic E-state index is -0.978. The summed E-state index contributed by atoms with van der Waals surface area (Å²) in [6, 6.07) is 40.2. The zero-order valence-electron chi connectivity index (χ0n) is 33.1. The molecule has 0 spiro atoms. The van der Waals surface area contributed by atoms with Crippen molar-refractivity contribution in [2.24, 2.45) is 0 Å². The highest BCUT2D eigenvalue weighted by atomic mass is 16.9. The second-order valence-corrected chi connectivity index (χ2v) is 15.9. The van der Waals surface area contributed by atoms with Gasteiger partial charge in [-0.05, 0) is 49.9 Å². The van der Waals surface area contributed by atoms with Crippen LogP contribution in [0.2, 0.25) is 0 Å². The molecule has 1 unspecified atom stereocenters. The quantitative estimate of drug-likeness (QED) is 0.116. The number of benzene rings is 4. The standard InChI is InChI=1S/C46H54O11/c1-45(2)51-30-36(55-45)38-40(42-44(53-38)57-46(3,4)56-42)54-43-41(50-28-34-23-15-8-16-24-34)39(49-27-33-21-13-7-14-22-33)37(48-26-32-19-11-6-12-20-32)35(52-43)29-47-25-31-17-9-5-10-18-31/h5-24,35-44H,25-30H2,1-4H3/t35-,36-,37-,38-,39+,40+,41-,42-,43?,44-/m1/s1. The lowest BCUT2D eigenvalue weighted by atomic mass is 9.97. The predicted octanol–water partition coefficient (Wildman–Crippen LogP) is 7.10. The van der Waals surface area contributed by atoms with Gasteiger partial charge >= 0.3 is 0 Å². The van der Waals surface area contributed by atoms with Gasteiger partial charge in [-0.15, -0.1) is 0 Å². The molecule has 4 aromatic carbocycles. The van der Waals surface area contributed by atoms with Crippen LogP contribution in [0.1, 0.15) is 49.9 Å². The van der Waals surface area contributed by atoms with E-state index in [1.807, 2.05) is 149 Å². The minimum Gasteiger partial charge on any atom is -0.374 e. The number of fused-ring (bicyclic) bond motifs is 1. The summed E-state index contributed by atoms with van der Waals surface area (Å²) in [5.41, 5.74) is 4.06. The zero-order valence-corrected chi connectivity index (χ0v) is 33.1. The monoisotopic (exact) mass is 782 g/mol. The minimum absolute atomic E-state index is 0.196. The number of hydrogen-bond donors (Lipinski definition) is 0. The van der Waals surface area contributed by atoms with Gasteiger partial charge in [-0.25, -0.2) is 0 Å². The van der Waals surface area contributed by atoms with Crippen LogP contribution < -0.4 is 0 Å². The lowest BCUT2D eigenvalue weighted by molar-refractivity contribution is -0.345. The average molecular weight is 783 g/mol. The van der Waals surface area contributed by atoms with Crippen molar-refractivity contribution in [3.8, 4) is 0 Å². The Kier molecular flexibility index (Phi) is 12.8. The van der Waals surface area contributed by atoms with Gasteiger partial charge in [0.05, 0.1) is 39.6 Å². The van der Waals surface area contributed by atoms with Gasteiger partial charge in [-0.2, -0.15) is 0 Å². The van der Waals surface area contributed by atoms with Crippen LogP contribution in [0, 0.1) is 0 Å². The van der Waals surface area contributed by atoms with E-state index >= 15 is 0 Å². The maximum Gasteiger partial charge on any atom is 0.190 e. The summed E-state index contributed by atoms with van der Waals surface area (Å²) in [6.45, 7) is 9.30. The first-order valence-corrected chi connectivity index (χ1v) is 19.9. The Balaban J connectivity index is 1.14. The lowest BCUT2D eigenvalue weighted by Crippen LogP contribution is -2.63. The van der Waals surface area contributed by atoms with E-state index in [1.165, 1.54) is 0 Å². The maximum atomic E-state index is 7.14. The molecule has 57 heavy (non-hydrogen) atoms. The van der Waals surface area contributed by atoms with E-state index in [0.717, 1.165) is 22.3 Å². The number of hydrogen-bond acceptors (Lipinski definition) is 11. The van der Waals surface area contributed by atoms with E-state index in [2.05, 4.69) is 0 Å². The first-order valence-electron chi connectivity index (χ1n) is 19.9. The van der Waals surface area contributed by atoms with E-state index in [1.54, 1.807) is 0 Å².